The minimum atomic E-state index is -0.928. The van der Waals surface area contributed by atoms with Crippen LogP contribution in [0.15, 0.2) is 36.7 Å². The molecule has 0 saturated carbocycles. The molecule has 0 fully saturated rings. The molecule has 4 nitrogen and oxygen atoms in total. The Kier molecular flexibility index (Phi) is 6.28. The van der Waals surface area contributed by atoms with Gasteiger partial charge in [0.15, 0.2) is 6.10 Å². The number of hydrogen-bond donors (Lipinski definition) is 1. The summed E-state index contributed by atoms with van der Waals surface area (Å²) in [5.41, 5.74) is 0. The molecule has 1 heterocycles. The van der Waals surface area contributed by atoms with E-state index in [9.17, 15) is 4.79 Å². The first-order valence-electron chi connectivity index (χ1n) is 5.94. The van der Waals surface area contributed by atoms with Crippen LogP contribution in [0.5, 0.6) is 5.75 Å². The van der Waals surface area contributed by atoms with E-state index in [-0.39, 0.29) is 29.6 Å². The SMILES string of the molecule is CCCC(Oc1ccc2ccncc2c1)C(=O)O.[Na]. The van der Waals surface area contributed by atoms with Crippen LogP contribution in [0.25, 0.3) is 10.8 Å². The molecular weight excluding hydrogens is 253 g/mol. The van der Waals surface area contributed by atoms with Gasteiger partial charge in [0.2, 0.25) is 0 Å². The molecule has 0 saturated heterocycles. The average Bonchev–Trinajstić information content (AvgIpc) is 2.38. The zero-order valence-electron chi connectivity index (χ0n) is 11.2. The fraction of sp³-hybridized carbons (Fsp3) is 0.286. The van der Waals surface area contributed by atoms with E-state index in [1.54, 1.807) is 18.5 Å². The van der Waals surface area contributed by atoms with Crippen molar-refractivity contribution in [2.45, 2.75) is 25.9 Å². The molecule has 0 amide bonds. The molecule has 0 spiro atoms. The smallest absolute Gasteiger partial charge is 0.344 e. The maximum atomic E-state index is 11.0. The van der Waals surface area contributed by atoms with Gasteiger partial charge >= 0.3 is 5.97 Å². The zero-order chi connectivity index (χ0) is 13.0. The van der Waals surface area contributed by atoms with E-state index >= 15 is 0 Å². The van der Waals surface area contributed by atoms with Crippen LogP contribution < -0.4 is 4.74 Å². The molecule has 1 N–H and O–H groups in total. The molecule has 19 heavy (non-hydrogen) atoms. The number of benzene rings is 1. The largest absolute Gasteiger partial charge is 0.479 e. The normalized spacial score (nSPS) is 11.6. The predicted molar refractivity (Wildman–Crippen MR) is 74.5 cm³/mol. The number of pyridine rings is 1. The second-order valence-corrected chi connectivity index (χ2v) is 4.12. The zero-order valence-corrected chi connectivity index (χ0v) is 13.2. The van der Waals surface area contributed by atoms with Crippen LogP contribution in [0.2, 0.25) is 0 Å². The van der Waals surface area contributed by atoms with Crippen molar-refractivity contribution in [1.29, 1.82) is 0 Å². The first kappa shape index (κ1) is 16.0. The van der Waals surface area contributed by atoms with Crippen LogP contribution in [0.1, 0.15) is 19.8 Å². The number of rotatable bonds is 5. The van der Waals surface area contributed by atoms with Crippen molar-refractivity contribution in [1.82, 2.24) is 4.98 Å². The van der Waals surface area contributed by atoms with Crippen molar-refractivity contribution in [3.63, 3.8) is 0 Å². The monoisotopic (exact) mass is 268 g/mol. The van der Waals surface area contributed by atoms with E-state index in [2.05, 4.69) is 4.98 Å². The van der Waals surface area contributed by atoms with Gasteiger partial charge in [-0.25, -0.2) is 4.79 Å². The van der Waals surface area contributed by atoms with Crippen LogP contribution in [-0.2, 0) is 4.79 Å². The summed E-state index contributed by atoms with van der Waals surface area (Å²) in [4.78, 5) is 15.1. The van der Waals surface area contributed by atoms with Gasteiger partial charge in [0.25, 0.3) is 0 Å². The Morgan fingerprint density at radius 2 is 2.16 bits per heavy atom. The van der Waals surface area contributed by atoms with Gasteiger partial charge in [0.05, 0.1) is 0 Å². The molecule has 1 aromatic carbocycles. The van der Waals surface area contributed by atoms with E-state index < -0.39 is 12.1 Å². The number of nitrogens with zero attached hydrogens (tertiary/aromatic N) is 1. The number of aromatic nitrogens is 1. The van der Waals surface area contributed by atoms with E-state index in [1.165, 1.54) is 0 Å². The van der Waals surface area contributed by atoms with Crippen molar-refractivity contribution in [3.05, 3.63) is 36.7 Å². The van der Waals surface area contributed by atoms with Crippen LogP contribution in [0, 0.1) is 0 Å². The Balaban J connectivity index is 0.00000180. The van der Waals surface area contributed by atoms with Crippen LogP contribution in [-0.4, -0.2) is 51.7 Å². The van der Waals surface area contributed by atoms with Gasteiger partial charge in [-0.05, 0) is 30.0 Å². The molecule has 1 radical (unpaired) electrons. The van der Waals surface area contributed by atoms with Crippen molar-refractivity contribution in [3.8, 4) is 5.75 Å². The third-order valence-electron chi connectivity index (χ3n) is 2.72. The van der Waals surface area contributed by atoms with E-state index in [4.69, 9.17) is 9.84 Å². The van der Waals surface area contributed by atoms with Gasteiger partial charge in [0.1, 0.15) is 5.75 Å². The summed E-state index contributed by atoms with van der Waals surface area (Å²) in [6.07, 6.45) is 3.94. The number of ether oxygens (including phenoxy) is 1. The van der Waals surface area contributed by atoms with E-state index in [0.29, 0.717) is 12.2 Å². The minimum absolute atomic E-state index is 0. The summed E-state index contributed by atoms with van der Waals surface area (Å²) >= 11 is 0. The Morgan fingerprint density at radius 1 is 1.37 bits per heavy atom. The number of carboxylic acids is 1. The summed E-state index contributed by atoms with van der Waals surface area (Å²) in [6, 6.07) is 7.40. The Hall–Kier alpha value is -1.10. The van der Waals surface area contributed by atoms with Gasteiger partial charge in [-0.2, -0.15) is 0 Å². The van der Waals surface area contributed by atoms with Gasteiger partial charge < -0.3 is 9.84 Å². The van der Waals surface area contributed by atoms with Crippen LogP contribution >= 0.6 is 0 Å². The van der Waals surface area contributed by atoms with Crippen molar-refractivity contribution >= 4 is 46.3 Å². The maximum Gasteiger partial charge on any atom is 0.344 e. The minimum Gasteiger partial charge on any atom is -0.479 e. The molecule has 95 valence electrons. The van der Waals surface area contributed by atoms with E-state index in [0.717, 1.165) is 17.2 Å². The van der Waals surface area contributed by atoms with Crippen molar-refractivity contribution in [2.24, 2.45) is 0 Å². The Labute approximate surface area is 134 Å². The van der Waals surface area contributed by atoms with E-state index in [1.807, 2.05) is 25.1 Å². The van der Waals surface area contributed by atoms with Gasteiger partial charge in [-0.1, -0.05) is 19.4 Å². The molecule has 5 heteroatoms. The molecule has 0 bridgehead atoms. The van der Waals surface area contributed by atoms with Crippen molar-refractivity contribution in [2.75, 3.05) is 0 Å². The average molecular weight is 268 g/mol. The predicted octanol–water partition coefficient (Wildman–Crippen LogP) is 2.49. The molecule has 0 aliphatic rings. The summed E-state index contributed by atoms with van der Waals surface area (Å²) in [5.74, 6) is -0.362. The first-order chi connectivity index (χ1) is 8.70. The quantitative estimate of drug-likeness (QED) is 0.846. The second kappa shape index (κ2) is 7.48. The fourth-order valence-corrected chi connectivity index (χ4v) is 1.80. The number of fused-ring (bicyclic) bond motifs is 1. The molecular formula is C14H15NNaO3. The first-order valence-corrected chi connectivity index (χ1v) is 5.94. The summed E-state index contributed by atoms with van der Waals surface area (Å²) in [7, 11) is 0. The number of aliphatic carboxylic acids is 1. The van der Waals surface area contributed by atoms with Crippen LogP contribution in [0.3, 0.4) is 0 Å². The van der Waals surface area contributed by atoms with Crippen molar-refractivity contribution < 1.29 is 14.6 Å². The van der Waals surface area contributed by atoms with Gasteiger partial charge in [-0.3, -0.25) is 4.98 Å². The van der Waals surface area contributed by atoms with Crippen LogP contribution in [0.4, 0.5) is 0 Å². The molecule has 1 atom stereocenters. The third-order valence-corrected chi connectivity index (χ3v) is 2.72. The third kappa shape index (κ3) is 4.20. The molecule has 0 aliphatic heterocycles. The number of carboxylic acid groups (broad SMARTS) is 1. The molecule has 0 aliphatic carbocycles. The molecule has 1 unspecified atom stereocenters. The topological polar surface area (TPSA) is 59.4 Å². The molecule has 2 rings (SSSR count). The maximum absolute atomic E-state index is 11.0. The fourth-order valence-electron chi connectivity index (χ4n) is 1.80. The number of hydrogen-bond acceptors (Lipinski definition) is 3. The Bertz CT molecular complexity index is 559. The molecule has 2 aromatic rings. The summed E-state index contributed by atoms with van der Waals surface area (Å²) in [6.45, 7) is 1.93. The Morgan fingerprint density at radius 3 is 2.84 bits per heavy atom. The van der Waals surface area contributed by atoms with Gasteiger partial charge in [-0.15, -0.1) is 0 Å². The summed E-state index contributed by atoms with van der Waals surface area (Å²) < 4.78 is 5.50. The van der Waals surface area contributed by atoms with Gasteiger partial charge in [0, 0.05) is 47.3 Å². The molecule has 1 aromatic heterocycles. The number of carbonyl (C=O) groups is 1. The standard InChI is InChI=1S/C14H15NO3.Na/c1-2-3-13(14(16)17)18-12-5-4-10-6-7-15-9-11(10)8-12;/h4-9,13H,2-3H2,1H3,(H,16,17);. The summed E-state index contributed by atoms with van der Waals surface area (Å²) in [5, 5.41) is 11.0. The second-order valence-electron chi connectivity index (χ2n) is 4.12.